The van der Waals surface area contributed by atoms with Crippen LogP contribution >= 0.6 is 11.3 Å². The van der Waals surface area contributed by atoms with Gasteiger partial charge in [-0.05, 0) is 68.6 Å². The minimum atomic E-state index is -0.695. The average Bonchev–Trinajstić information content (AvgIpc) is 2.96. The van der Waals surface area contributed by atoms with Crippen LogP contribution in [-0.4, -0.2) is 37.7 Å². The molecule has 1 saturated heterocycles. The number of nitrogens with two attached hydrogens (primary N) is 1. The molecule has 3 rings (SSSR count). The van der Waals surface area contributed by atoms with Crippen LogP contribution in [0.3, 0.4) is 0 Å². The summed E-state index contributed by atoms with van der Waals surface area (Å²) >= 11 is 1.32. The van der Waals surface area contributed by atoms with E-state index in [1.807, 2.05) is 31.2 Å². The molecule has 150 valence electrons. The van der Waals surface area contributed by atoms with Gasteiger partial charge in [0.05, 0.1) is 12.7 Å². The highest BCUT2D eigenvalue weighted by molar-refractivity contribution is 7.20. The van der Waals surface area contributed by atoms with Crippen LogP contribution in [-0.2, 0) is 0 Å². The number of amides is 3. The SMILES string of the molecule is COc1ccc(-c2cc(C(=O)N[C@@]3(C)CCCCNC3)c(NC(N)=O)s2)cc1. The number of carbonyl (C=O) groups is 2. The standard InChI is InChI=1S/C20H26N4O3S/c1-20(9-3-4-10-22-12-20)24-17(25)15-11-16(28-18(15)23-19(21)26)13-5-7-14(27-2)8-6-13/h5-8,11,22H,3-4,9-10,12H2,1-2H3,(H,24,25)(H3,21,23,26)/t20-/m0/s1. The Morgan fingerprint density at radius 1 is 1.25 bits per heavy atom. The molecule has 28 heavy (non-hydrogen) atoms. The number of hydrogen-bond acceptors (Lipinski definition) is 5. The van der Waals surface area contributed by atoms with Gasteiger partial charge in [0.15, 0.2) is 0 Å². The molecule has 0 saturated carbocycles. The fourth-order valence-corrected chi connectivity index (χ4v) is 4.39. The molecule has 0 radical (unpaired) electrons. The van der Waals surface area contributed by atoms with Gasteiger partial charge >= 0.3 is 6.03 Å². The molecular formula is C20H26N4O3S. The predicted octanol–water partition coefficient (Wildman–Crippen LogP) is 3.18. The summed E-state index contributed by atoms with van der Waals surface area (Å²) < 4.78 is 5.19. The van der Waals surface area contributed by atoms with Gasteiger partial charge in [0.25, 0.3) is 5.91 Å². The molecule has 2 heterocycles. The maximum absolute atomic E-state index is 13.0. The zero-order valence-electron chi connectivity index (χ0n) is 16.1. The fraction of sp³-hybridized carbons (Fsp3) is 0.400. The van der Waals surface area contributed by atoms with Gasteiger partial charge < -0.3 is 21.1 Å². The van der Waals surface area contributed by atoms with Crippen molar-refractivity contribution in [1.82, 2.24) is 10.6 Å². The maximum Gasteiger partial charge on any atom is 0.317 e. The Labute approximate surface area is 168 Å². The van der Waals surface area contributed by atoms with Gasteiger partial charge in [-0.25, -0.2) is 4.79 Å². The molecule has 8 heteroatoms. The lowest BCUT2D eigenvalue weighted by Crippen LogP contribution is -2.51. The molecule has 1 fully saturated rings. The molecule has 0 spiro atoms. The fourth-order valence-electron chi connectivity index (χ4n) is 3.33. The third-order valence-corrected chi connectivity index (χ3v) is 5.95. The Balaban J connectivity index is 1.88. The quantitative estimate of drug-likeness (QED) is 0.616. The number of hydrogen-bond donors (Lipinski definition) is 4. The largest absolute Gasteiger partial charge is 0.497 e. The van der Waals surface area contributed by atoms with Gasteiger partial charge in [-0.3, -0.25) is 10.1 Å². The summed E-state index contributed by atoms with van der Waals surface area (Å²) in [5.41, 5.74) is 6.32. The van der Waals surface area contributed by atoms with Crippen molar-refractivity contribution < 1.29 is 14.3 Å². The van der Waals surface area contributed by atoms with Crippen LogP contribution in [0.1, 0.15) is 36.5 Å². The minimum Gasteiger partial charge on any atom is -0.497 e. The molecule has 1 aromatic heterocycles. The Kier molecular flexibility index (Phi) is 6.21. The topological polar surface area (TPSA) is 105 Å². The van der Waals surface area contributed by atoms with E-state index in [2.05, 4.69) is 16.0 Å². The summed E-state index contributed by atoms with van der Waals surface area (Å²) in [4.78, 5) is 25.3. The molecule has 2 aromatic rings. The molecule has 1 aliphatic heterocycles. The lowest BCUT2D eigenvalue weighted by molar-refractivity contribution is 0.0904. The maximum atomic E-state index is 13.0. The van der Waals surface area contributed by atoms with Crippen molar-refractivity contribution >= 4 is 28.3 Å². The van der Waals surface area contributed by atoms with Crippen molar-refractivity contribution in [2.24, 2.45) is 5.73 Å². The highest BCUT2D eigenvalue weighted by Gasteiger charge is 2.29. The number of carbonyl (C=O) groups excluding carboxylic acids is 2. The van der Waals surface area contributed by atoms with E-state index in [-0.39, 0.29) is 11.4 Å². The van der Waals surface area contributed by atoms with Crippen molar-refractivity contribution in [3.05, 3.63) is 35.9 Å². The second-order valence-electron chi connectivity index (χ2n) is 7.22. The van der Waals surface area contributed by atoms with E-state index in [0.717, 1.165) is 42.0 Å². The van der Waals surface area contributed by atoms with Crippen LogP contribution in [0.5, 0.6) is 5.75 Å². The van der Waals surface area contributed by atoms with E-state index in [1.165, 1.54) is 11.3 Å². The molecule has 0 unspecified atom stereocenters. The molecule has 7 nitrogen and oxygen atoms in total. The number of benzene rings is 1. The zero-order valence-corrected chi connectivity index (χ0v) is 16.9. The second kappa shape index (κ2) is 8.62. The van der Waals surface area contributed by atoms with Crippen molar-refractivity contribution in [3.8, 4) is 16.2 Å². The summed E-state index contributed by atoms with van der Waals surface area (Å²) in [6.45, 7) is 3.72. The first-order valence-corrected chi connectivity index (χ1v) is 10.1. The van der Waals surface area contributed by atoms with Gasteiger partial charge in [-0.2, -0.15) is 0 Å². The Morgan fingerprint density at radius 3 is 2.68 bits per heavy atom. The Morgan fingerprint density at radius 2 is 2.00 bits per heavy atom. The number of ether oxygens (including phenoxy) is 1. The van der Waals surface area contributed by atoms with Gasteiger partial charge in [-0.1, -0.05) is 0 Å². The second-order valence-corrected chi connectivity index (χ2v) is 8.27. The van der Waals surface area contributed by atoms with E-state index >= 15 is 0 Å². The van der Waals surface area contributed by atoms with E-state index in [0.29, 0.717) is 17.1 Å². The van der Waals surface area contributed by atoms with Crippen LogP contribution < -0.4 is 26.4 Å². The highest BCUT2D eigenvalue weighted by atomic mass is 32.1. The molecule has 0 bridgehead atoms. The van der Waals surface area contributed by atoms with Crippen molar-refractivity contribution in [1.29, 1.82) is 0 Å². The summed E-state index contributed by atoms with van der Waals surface area (Å²) in [6, 6.07) is 8.64. The van der Waals surface area contributed by atoms with Crippen molar-refractivity contribution in [3.63, 3.8) is 0 Å². The molecule has 0 aliphatic carbocycles. The number of anilines is 1. The van der Waals surface area contributed by atoms with Crippen LogP contribution in [0.2, 0.25) is 0 Å². The molecule has 1 aromatic carbocycles. The number of urea groups is 1. The monoisotopic (exact) mass is 402 g/mol. The van der Waals surface area contributed by atoms with Crippen LogP contribution in [0.15, 0.2) is 30.3 Å². The first-order chi connectivity index (χ1) is 13.4. The lowest BCUT2D eigenvalue weighted by atomic mass is 9.95. The van der Waals surface area contributed by atoms with Crippen LogP contribution in [0.25, 0.3) is 10.4 Å². The molecule has 5 N–H and O–H groups in total. The first kappa shape index (κ1) is 20.2. The molecule has 1 atom stereocenters. The Bertz CT molecular complexity index is 840. The van der Waals surface area contributed by atoms with Gasteiger partial charge in [0.2, 0.25) is 0 Å². The zero-order chi connectivity index (χ0) is 20.1. The molecular weight excluding hydrogens is 376 g/mol. The number of thiophene rings is 1. The van der Waals surface area contributed by atoms with Crippen molar-refractivity contribution in [2.45, 2.75) is 31.7 Å². The Hall–Kier alpha value is -2.58. The van der Waals surface area contributed by atoms with Gasteiger partial charge in [0, 0.05) is 17.0 Å². The van der Waals surface area contributed by atoms with Crippen LogP contribution in [0.4, 0.5) is 9.80 Å². The molecule has 1 aliphatic rings. The van der Waals surface area contributed by atoms with E-state index in [1.54, 1.807) is 13.2 Å². The number of nitrogens with one attached hydrogen (secondary N) is 3. The first-order valence-electron chi connectivity index (χ1n) is 9.28. The minimum absolute atomic E-state index is 0.217. The highest BCUT2D eigenvalue weighted by Crippen LogP contribution is 2.36. The number of primary amides is 1. The summed E-state index contributed by atoms with van der Waals surface area (Å²) in [5.74, 6) is 0.536. The number of methoxy groups -OCH3 is 1. The third kappa shape index (κ3) is 4.82. The van der Waals surface area contributed by atoms with E-state index in [9.17, 15) is 9.59 Å². The van der Waals surface area contributed by atoms with Crippen LogP contribution in [0, 0.1) is 0 Å². The van der Waals surface area contributed by atoms with Gasteiger partial charge in [-0.15, -0.1) is 11.3 Å². The third-order valence-electron chi connectivity index (χ3n) is 4.85. The van der Waals surface area contributed by atoms with Gasteiger partial charge in [0.1, 0.15) is 10.8 Å². The van der Waals surface area contributed by atoms with E-state index in [4.69, 9.17) is 10.5 Å². The summed E-state index contributed by atoms with van der Waals surface area (Å²) in [6.07, 6.45) is 3.05. The lowest BCUT2D eigenvalue weighted by Gasteiger charge is -2.29. The molecule has 3 amide bonds. The van der Waals surface area contributed by atoms with Crippen molar-refractivity contribution in [2.75, 3.05) is 25.5 Å². The number of rotatable bonds is 5. The average molecular weight is 403 g/mol. The summed E-state index contributed by atoms with van der Waals surface area (Å²) in [7, 11) is 1.61. The summed E-state index contributed by atoms with van der Waals surface area (Å²) in [5, 5.41) is 9.54. The normalized spacial score (nSPS) is 19.5. The smallest absolute Gasteiger partial charge is 0.317 e. The predicted molar refractivity (Wildman–Crippen MR) is 112 cm³/mol. The van der Waals surface area contributed by atoms with E-state index < -0.39 is 6.03 Å².